The molecule has 1 aromatic carbocycles. The Kier molecular flexibility index (Phi) is 5.43. The highest BCUT2D eigenvalue weighted by atomic mass is 79.9. The number of halogens is 2. The molecule has 1 aliphatic rings. The van der Waals surface area contributed by atoms with Gasteiger partial charge in [0.2, 0.25) is 0 Å². The van der Waals surface area contributed by atoms with Crippen LogP contribution in [0.25, 0.3) is 0 Å². The number of carboxylic acid groups (broad SMARTS) is 1. The topological polar surface area (TPSA) is 40.5 Å². The molecule has 3 nitrogen and oxygen atoms in total. The van der Waals surface area contributed by atoms with Gasteiger partial charge in [0.1, 0.15) is 6.04 Å². The molecule has 1 atom stereocenters. The SMILES string of the molecule is Cl.O=C(O)[C@H]1CCCN1Cc1ccccc1Br. The highest BCUT2D eigenvalue weighted by molar-refractivity contribution is 9.10. The summed E-state index contributed by atoms with van der Waals surface area (Å²) in [7, 11) is 0. The fourth-order valence-electron chi connectivity index (χ4n) is 2.14. The Morgan fingerprint density at radius 1 is 1.47 bits per heavy atom. The van der Waals surface area contributed by atoms with Crippen molar-refractivity contribution in [3.63, 3.8) is 0 Å². The van der Waals surface area contributed by atoms with E-state index in [0.717, 1.165) is 29.4 Å². The van der Waals surface area contributed by atoms with E-state index in [2.05, 4.69) is 15.9 Å². The van der Waals surface area contributed by atoms with Gasteiger partial charge in [0, 0.05) is 11.0 Å². The molecule has 2 rings (SSSR count). The number of likely N-dealkylation sites (tertiary alicyclic amines) is 1. The summed E-state index contributed by atoms with van der Waals surface area (Å²) in [5, 5.41) is 9.08. The van der Waals surface area contributed by atoms with E-state index in [9.17, 15) is 4.79 Å². The van der Waals surface area contributed by atoms with E-state index in [1.807, 2.05) is 29.2 Å². The van der Waals surface area contributed by atoms with Crippen LogP contribution < -0.4 is 0 Å². The molecule has 0 aliphatic carbocycles. The van der Waals surface area contributed by atoms with Crippen molar-refractivity contribution in [2.45, 2.75) is 25.4 Å². The van der Waals surface area contributed by atoms with Gasteiger partial charge in [-0.3, -0.25) is 9.69 Å². The van der Waals surface area contributed by atoms with Crippen LogP contribution in [0.2, 0.25) is 0 Å². The molecule has 94 valence electrons. The van der Waals surface area contributed by atoms with Crippen LogP contribution in [0.5, 0.6) is 0 Å². The summed E-state index contributed by atoms with van der Waals surface area (Å²) in [6.07, 6.45) is 1.74. The van der Waals surface area contributed by atoms with Crippen molar-refractivity contribution < 1.29 is 9.90 Å². The van der Waals surface area contributed by atoms with E-state index in [1.165, 1.54) is 0 Å². The third kappa shape index (κ3) is 3.44. The molecule has 1 fully saturated rings. The molecule has 1 heterocycles. The lowest BCUT2D eigenvalue weighted by Crippen LogP contribution is -2.35. The number of carbonyl (C=O) groups is 1. The Balaban J connectivity index is 0.00000144. The molecule has 0 amide bonds. The van der Waals surface area contributed by atoms with Gasteiger partial charge in [-0.15, -0.1) is 12.4 Å². The highest BCUT2D eigenvalue weighted by Gasteiger charge is 2.30. The number of aliphatic carboxylic acids is 1. The zero-order valence-electron chi connectivity index (χ0n) is 9.30. The normalized spacial score (nSPS) is 19.9. The number of hydrogen-bond donors (Lipinski definition) is 1. The second-order valence-corrected chi connectivity index (χ2v) is 4.91. The molecule has 0 bridgehead atoms. The van der Waals surface area contributed by atoms with Crippen molar-refractivity contribution in [1.29, 1.82) is 0 Å². The zero-order valence-corrected chi connectivity index (χ0v) is 11.7. The molecule has 0 unspecified atom stereocenters. The van der Waals surface area contributed by atoms with Crippen LogP contribution in [-0.4, -0.2) is 28.6 Å². The van der Waals surface area contributed by atoms with E-state index < -0.39 is 5.97 Å². The lowest BCUT2D eigenvalue weighted by atomic mass is 10.2. The second kappa shape index (κ2) is 6.38. The minimum Gasteiger partial charge on any atom is -0.480 e. The van der Waals surface area contributed by atoms with Gasteiger partial charge in [0.05, 0.1) is 0 Å². The maximum Gasteiger partial charge on any atom is 0.320 e. The molecule has 1 aromatic rings. The largest absolute Gasteiger partial charge is 0.480 e. The first-order chi connectivity index (χ1) is 7.68. The molecular formula is C12H15BrClNO2. The molecule has 17 heavy (non-hydrogen) atoms. The summed E-state index contributed by atoms with van der Waals surface area (Å²) in [5.41, 5.74) is 1.15. The first kappa shape index (κ1) is 14.5. The van der Waals surface area contributed by atoms with Crippen molar-refractivity contribution in [3.05, 3.63) is 34.3 Å². The van der Waals surface area contributed by atoms with Gasteiger partial charge >= 0.3 is 5.97 Å². The third-order valence-electron chi connectivity index (χ3n) is 2.98. The quantitative estimate of drug-likeness (QED) is 0.931. The van der Waals surface area contributed by atoms with E-state index >= 15 is 0 Å². The Bertz CT molecular complexity index is 400. The average Bonchev–Trinajstić information content (AvgIpc) is 2.69. The molecule has 0 radical (unpaired) electrons. The number of carboxylic acids is 1. The van der Waals surface area contributed by atoms with Gasteiger partial charge in [-0.25, -0.2) is 0 Å². The maximum absolute atomic E-state index is 11.0. The smallest absolute Gasteiger partial charge is 0.320 e. The highest BCUT2D eigenvalue weighted by Crippen LogP contribution is 2.23. The Labute approximate surface area is 115 Å². The molecule has 1 aliphatic heterocycles. The molecule has 1 N–H and O–H groups in total. The van der Waals surface area contributed by atoms with Crippen LogP contribution in [0.15, 0.2) is 28.7 Å². The summed E-state index contributed by atoms with van der Waals surface area (Å²) in [5.74, 6) is -0.704. The molecule has 1 saturated heterocycles. The predicted octanol–water partition coefficient (Wildman–Crippen LogP) is 2.92. The number of nitrogens with zero attached hydrogens (tertiary/aromatic N) is 1. The lowest BCUT2D eigenvalue weighted by Gasteiger charge is -2.21. The van der Waals surface area contributed by atoms with Gasteiger partial charge in [-0.05, 0) is 31.0 Å². The fraction of sp³-hybridized carbons (Fsp3) is 0.417. The lowest BCUT2D eigenvalue weighted by molar-refractivity contribution is -0.142. The number of hydrogen-bond acceptors (Lipinski definition) is 2. The number of rotatable bonds is 3. The van der Waals surface area contributed by atoms with Crippen molar-refractivity contribution in [1.82, 2.24) is 4.90 Å². The zero-order chi connectivity index (χ0) is 11.5. The van der Waals surface area contributed by atoms with Crippen molar-refractivity contribution in [3.8, 4) is 0 Å². The van der Waals surface area contributed by atoms with Crippen LogP contribution in [-0.2, 0) is 11.3 Å². The molecule has 0 spiro atoms. The van der Waals surface area contributed by atoms with Crippen LogP contribution in [0.1, 0.15) is 18.4 Å². The number of benzene rings is 1. The average molecular weight is 321 g/mol. The van der Waals surface area contributed by atoms with Gasteiger partial charge in [-0.2, -0.15) is 0 Å². The Hall–Kier alpha value is -0.580. The summed E-state index contributed by atoms with van der Waals surface area (Å²) < 4.78 is 1.05. The van der Waals surface area contributed by atoms with E-state index in [1.54, 1.807) is 0 Å². The van der Waals surface area contributed by atoms with Crippen LogP contribution in [0, 0.1) is 0 Å². The predicted molar refractivity (Wildman–Crippen MR) is 72.5 cm³/mol. The summed E-state index contributed by atoms with van der Waals surface area (Å²) >= 11 is 3.49. The van der Waals surface area contributed by atoms with Crippen LogP contribution in [0.3, 0.4) is 0 Å². The van der Waals surface area contributed by atoms with Crippen molar-refractivity contribution >= 4 is 34.3 Å². The van der Waals surface area contributed by atoms with Gasteiger partial charge in [0.15, 0.2) is 0 Å². The summed E-state index contributed by atoms with van der Waals surface area (Å²) in [6.45, 7) is 1.58. The van der Waals surface area contributed by atoms with Crippen LogP contribution in [0.4, 0.5) is 0 Å². The van der Waals surface area contributed by atoms with E-state index in [-0.39, 0.29) is 18.4 Å². The minimum atomic E-state index is -0.704. The van der Waals surface area contributed by atoms with Gasteiger partial charge in [0.25, 0.3) is 0 Å². The molecule has 5 heteroatoms. The minimum absolute atomic E-state index is 0. The molecule has 0 saturated carbocycles. The Morgan fingerprint density at radius 3 is 2.82 bits per heavy atom. The van der Waals surface area contributed by atoms with Gasteiger partial charge < -0.3 is 5.11 Å². The van der Waals surface area contributed by atoms with Crippen molar-refractivity contribution in [2.75, 3.05) is 6.54 Å². The first-order valence-corrected chi connectivity index (χ1v) is 6.18. The maximum atomic E-state index is 11.0. The standard InChI is InChI=1S/C12H14BrNO2.ClH/c13-10-5-2-1-4-9(10)8-14-7-3-6-11(14)12(15)16;/h1-2,4-5,11H,3,6-8H2,(H,15,16);1H/t11-;/m1./s1. The van der Waals surface area contributed by atoms with Crippen molar-refractivity contribution in [2.24, 2.45) is 0 Å². The monoisotopic (exact) mass is 319 g/mol. The van der Waals surface area contributed by atoms with Gasteiger partial charge in [-0.1, -0.05) is 34.1 Å². The molecule has 0 aromatic heterocycles. The summed E-state index contributed by atoms with van der Waals surface area (Å²) in [6, 6.07) is 7.65. The second-order valence-electron chi connectivity index (χ2n) is 4.06. The Morgan fingerprint density at radius 2 is 2.18 bits per heavy atom. The molecular weight excluding hydrogens is 305 g/mol. The fourth-order valence-corrected chi connectivity index (χ4v) is 2.55. The van der Waals surface area contributed by atoms with E-state index in [0.29, 0.717) is 6.54 Å². The summed E-state index contributed by atoms with van der Waals surface area (Å²) in [4.78, 5) is 13.1. The van der Waals surface area contributed by atoms with E-state index in [4.69, 9.17) is 5.11 Å². The third-order valence-corrected chi connectivity index (χ3v) is 3.75. The van der Waals surface area contributed by atoms with Crippen LogP contribution >= 0.6 is 28.3 Å². The first-order valence-electron chi connectivity index (χ1n) is 5.39.